The van der Waals surface area contributed by atoms with E-state index in [1.54, 1.807) is 10.4 Å². The van der Waals surface area contributed by atoms with Crippen molar-refractivity contribution < 1.29 is 8.42 Å². The first kappa shape index (κ1) is 15.9. The normalized spacial score (nSPS) is 18.1. The minimum atomic E-state index is -3.26. The fourth-order valence-corrected chi connectivity index (χ4v) is 5.46. The molecule has 1 N–H and O–H groups in total. The molecule has 1 aromatic heterocycles. The Hall–Kier alpha value is -0.430. The van der Waals surface area contributed by atoms with Crippen LogP contribution in [0.2, 0.25) is 0 Å². The fourth-order valence-electron chi connectivity index (χ4n) is 2.43. The molecule has 1 fully saturated rings. The first-order chi connectivity index (χ1) is 9.64. The van der Waals surface area contributed by atoms with Gasteiger partial charge in [0.15, 0.2) is 0 Å². The predicted molar refractivity (Wildman–Crippen MR) is 83.8 cm³/mol. The molecule has 0 saturated carbocycles. The summed E-state index contributed by atoms with van der Waals surface area (Å²) in [5.41, 5.74) is 0. The summed E-state index contributed by atoms with van der Waals surface area (Å²) in [6.07, 6.45) is 5.15. The Morgan fingerprint density at radius 3 is 2.55 bits per heavy atom. The van der Waals surface area contributed by atoms with Crippen LogP contribution in [0.3, 0.4) is 0 Å². The van der Waals surface area contributed by atoms with Crippen LogP contribution in [0.15, 0.2) is 16.3 Å². The zero-order valence-electron chi connectivity index (χ0n) is 12.1. The lowest BCUT2D eigenvalue weighted by atomic mass is 10.2. The van der Waals surface area contributed by atoms with Crippen LogP contribution in [0.5, 0.6) is 0 Å². The molecule has 0 radical (unpaired) electrons. The van der Waals surface area contributed by atoms with Crippen LogP contribution in [0.4, 0.5) is 0 Å². The van der Waals surface area contributed by atoms with Crippen molar-refractivity contribution in [3.05, 3.63) is 17.0 Å². The molecule has 114 valence electrons. The number of nitrogens with one attached hydrogen (secondary N) is 1. The average molecular weight is 316 g/mol. The molecule has 0 aromatic carbocycles. The van der Waals surface area contributed by atoms with E-state index in [0.717, 1.165) is 50.1 Å². The molecule has 6 heteroatoms. The van der Waals surface area contributed by atoms with Crippen molar-refractivity contribution in [3.8, 4) is 0 Å². The molecule has 20 heavy (non-hydrogen) atoms. The zero-order valence-corrected chi connectivity index (χ0v) is 13.7. The highest BCUT2D eigenvalue weighted by Gasteiger charge is 2.26. The average Bonchev–Trinajstić information content (AvgIpc) is 2.73. The molecule has 0 bridgehead atoms. The topological polar surface area (TPSA) is 49.4 Å². The molecular weight excluding hydrogens is 292 g/mol. The highest BCUT2D eigenvalue weighted by atomic mass is 32.2. The first-order valence-electron chi connectivity index (χ1n) is 7.44. The van der Waals surface area contributed by atoms with Gasteiger partial charge in [0.25, 0.3) is 10.0 Å². The second kappa shape index (κ2) is 7.54. The van der Waals surface area contributed by atoms with Crippen LogP contribution in [0.25, 0.3) is 0 Å². The number of nitrogens with zero attached hydrogens (tertiary/aromatic N) is 1. The third kappa shape index (κ3) is 4.04. The van der Waals surface area contributed by atoms with Gasteiger partial charge in [-0.1, -0.05) is 19.8 Å². The third-order valence-electron chi connectivity index (χ3n) is 3.59. The molecule has 1 saturated heterocycles. The summed E-state index contributed by atoms with van der Waals surface area (Å²) in [7, 11) is -3.26. The van der Waals surface area contributed by atoms with Crippen LogP contribution in [0, 0.1) is 0 Å². The Morgan fingerprint density at radius 2 is 1.90 bits per heavy atom. The molecule has 0 aliphatic carbocycles. The Labute approximate surface area is 126 Å². The number of sulfonamides is 1. The molecule has 2 rings (SSSR count). The van der Waals surface area contributed by atoms with Crippen molar-refractivity contribution in [3.63, 3.8) is 0 Å². The van der Waals surface area contributed by atoms with Gasteiger partial charge in [0, 0.05) is 18.0 Å². The van der Waals surface area contributed by atoms with E-state index in [1.807, 2.05) is 6.07 Å². The Kier molecular flexibility index (Phi) is 6.01. The van der Waals surface area contributed by atoms with Crippen LogP contribution in [0.1, 0.15) is 37.5 Å². The van der Waals surface area contributed by atoms with E-state index in [1.165, 1.54) is 11.3 Å². The molecule has 2 heterocycles. The van der Waals surface area contributed by atoms with E-state index < -0.39 is 10.0 Å². The molecule has 0 atom stereocenters. The summed E-state index contributed by atoms with van der Waals surface area (Å²) < 4.78 is 27.4. The number of hydrogen-bond donors (Lipinski definition) is 1. The lowest BCUT2D eigenvalue weighted by molar-refractivity contribution is 0.425. The standard InChI is InChI=1S/C14H24N2O2S2/c1-2-15-10-9-13-7-8-14(19-13)20(17,18)16-11-5-3-4-6-12-16/h7-8,15H,2-6,9-12H2,1H3. The van der Waals surface area contributed by atoms with Gasteiger partial charge in [-0.05, 0) is 44.5 Å². The minimum absolute atomic E-state index is 0.505. The van der Waals surface area contributed by atoms with Gasteiger partial charge in [-0.2, -0.15) is 4.31 Å². The van der Waals surface area contributed by atoms with Crippen LogP contribution in [-0.4, -0.2) is 38.9 Å². The molecular formula is C14H24N2O2S2. The highest BCUT2D eigenvalue weighted by molar-refractivity contribution is 7.91. The maximum absolute atomic E-state index is 12.6. The Bertz CT molecular complexity index is 503. The number of rotatable bonds is 6. The van der Waals surface area contributed by atoms with Crippen molar-refractivity contribution in [2.45, 2.75) is 43.2 Å². The maximum atomic E-state index is 12.6. The zero-order chi connectivity index (χ0) is 14.4. The first-order valence-corrected chi connectivity index (χ1v) is 9.70. The molecule has 1 aliphatic rings. The van der Waals surface area contributed by atoms with Crippen LogP contribution in [-0.2, 0) is 16.4 Å². The molecule has 0 spiro atoms. The van der Waals surface area contributed by atoms with Gasteiger partial charge < -0.3 is 5.32 Å². The second-order valence-corrected chi connectivity index (χ2v) is 8.48. The van der Waals surface area contributed by atoms with Crippen molar-refractivity contribution in [2.24, 2.45) is 0 Å². The van der Waals surface area contributed by atoms with Gasteiger partial charge in [0.2, 0.25) is 0 Å². The van der Waals surface area contributed by atoms with Crippen molar-refractivity contribution in [1.29, 1.82) is 0 Å². The number of hydrogen-bond acceptors (Lipinski definition) is 4. The van der Waals surface area contributed by atoms with E-state index in [9.17, 15) is 8.42 Å². The summed E-state index contributed by atoms with van der Waals surface area (Å²) in [6, 6.07) is 3.72. The predicted octanol–water partition coefficient (Wildman–Crippen LogP) is 2.46. The minimum Gasteiger partial charge on any atom is -0.317 e. The quantitative estimate of drug-likeness (QED) is 0.820. The Morgan fingerprint density at radius 1 is 1.20 bits per heavy atom. The third-order valence-corrected chi connectivity index (χ3v) is 7.11. The van der Waals surface area contributed by atoms with Crippen molar-refractivity contribution in [1.82, 2.24) is 9.62 Å². The van der Waals surface area contributed by atoms with Gasteiger partial charge in [0.1, 0.15) is 4.21 Å². The Balaban J connectivity index is 2.05. The lowest BCUT2D eigenvalue weighted by Gasteiger charge is -2.18. The summed E-state index contributed by atoms with van der Waals surface area (Å²) >= 11 is 1.42. The second-order valence-electron chi connectivity index (χ2n) is 5.14. The van der Waals surface area contributed by atoms with Gasteiger partial charge in [-0.15, -0.1) is 11.3 Å². The van der Waals surface area contributed by atoms with E-state index >= 15 is 0 Å². The SMILES string of the molecule is CCNCCc1ccc(S(=O)(=O)N2CCCCCC2)s1. The largest absolute Gasteiger partial charge is 0.317 e. The molecule has 1 aliphatic heterocycles. The van der Waals surface area contributed by atoms with E-state index in [-0.39, 0.29) is 0 Å². The van der Waals surface area contributed by atoms with Crippen LogP contribution >= 0.6 is 11.3 Å². The number of thiophene rings is 1. The van der Waals surface area contributed by atoms with Crippen LogP contribution < -0.4 is 5.32 Å². The van der Waals surface area contributed by atoms with Gasteiger partial charge >= 0.3 is 0 Å². The summed E-state index contributed by atoms with van der Waals surface area (Å²) in [5, 5.41) is 3.26. The highest BCUT2D eigenvalue weighted by Crippen LogP contribution is 2.26. The van der Waals surface area contributed by atoms with Gasteiger partial charge in [-0.3, -0.25) is 0 Å². The summed E-state index contributed by atoms with van der Waals surface area (Å²) in [4.78, 5) is 1.14. The van der Waals surface area contributed by atoms with Gasteiger partial charge in [0.05, 0.1) is 0 Å². The smallest absolute Gasteiger partial charge is 0.252 e. The molecule has 1 aromatic rings. The maximum Gasteiger partial charge on any atom is 0.252 e. The van der Waals surface area contributed by atoms with Gasteiger partial charge in [-0.25, -0.2) is 8.42 Å². The van der Waals surface area contributed by atoms with Crippen molar-refractivity contribution >= 4 is 21.4 Å². The fraction of sp³-hybridized carbons (Fsp3) is 0.714. The lowest BCUT2D eigenvalue weighted by Crippen LogP contribution is -2.31. The van der Waals surface area contributed by atoms with E-state index in [4.69, 9.17) is 0 Å². The molecule has 0 amide bonds. The number of likely N-dealkylation sites (N-methyl/N-ethyl adjacent to an activating group) is 1. The molecule has 0 unspecified atom stereocenters. The summed E-state index contributed by atoms with van der Waals surface area (Å²) in [6.45, 7) is 5.27. The molecule has 4 nitrogen and oxygen atoms in total. The monoisotopic (exact) mass is 316 g/mol. The van der Waals surface area contributed by atoms with E-state index in [2.05, 4.69) is 12.2 Å². The van der Waals surface area contributed by atoms with Crippen molar-refractivity contribution in [2.75, 3.05) is 26.2 Å². The summed E-state index contributed by atoms with van der Waals surface area (Å²) in [5.74, 6) is 0. The van der Waals surface area contributed by atoms with E-state index in [0.29, 0.717) is 17.3 Å².